The summed E-state index contributed by atoms with van der Waals surface area (Å²) in [5.41, 5.74) is 0.362. The number of esters is 1. The number of nitrogens with one attached hydrogen (secondary N) is 1. The number of halogens is 1. The molecular weight excluding hydrogens is 282 g/mol. The summed E-state index contributed by atoms with van der Waals surface area (Å²) >= 11 is 1.92. The van der Waals surface area contributed by atoms with E-state index in [0.29, 0.717) is 12.0 Å². The third-order valence-electron chi connectivity index (χ3n) is 3.88. The molecule has 0 radical (unpaired) electrons. The van der Waals surface area contributed by atoms with Gasteiger partial charge in [0.05, 0.1) is 11.5 Å². The summed E-state index contributed by atoms with van der Waals surface area (Å²) < 4.78 is 5.12. The van der Waals surface area contributed by atoms with E-state index in [0.717, 1.165) is 24.5 Å². The number of carbonyl (C=O) groups is 1. The zero-order valence-corrected chi connectivity index (χ0v) is 14.0. The highest BCUT2D eigenvalue weighted by atomic mass is 35.5. The van der Waals surface area contributed by atoms with Crippen LogP contribution in [0.25, 0.3) is 0 Å². The standard InChI is InChI=1S/C14H25NO2S.ClH/c1-5-17-12(16)11-8-18-14(15-11)7-10(2)6-13(3,4)9-14;/h10-11,15H,5-9H2,1-4H3;1H. The number of rotatable bonds is 2. The minimum absolute atomic E-state index is 0. The highest BCUT2D eigenvalue weighted by Gasteiger charge is 2.49. The zero-order chi connectivity index (χ0) is 13.4. The predicted molar refractivity (Wildman–Crippen MR) is 82.8 cm³/mol. The molecule has 0 aromatic carbocycles. The van der Waals surface area contributed by atoms with E-state index in [-0.39, 0.29) is 29.3 Å². The molecule has 3 nitrogen and oxygen atoms in total. The lowest BCUT2D eigenvalue weighted by atomic mass is 9.70. The van der Waals surface area contributed by atoms with Crippen LogP contribution in [-0.2, 0) is 9.53 Å². The van der Waals surface area contributed by atoms with E-state index in [2.05, 4.69) is 26.1 Å². The lowest BCUT2D eigenvalue weighted by Crippen LogP contribution is -2.51. The Labute approximate surface area is 127 Å². The Bertz CT molecular complexity index is 337. The fourth-order valence-electron chi connectivity index (χ4n) is 3.73. The van der Waals surface area contributed by atoms with Gasteiger partial charge in [-0.2, -0.15) is 0 Å². The summed E-state index contributed by atoms with van der Waals surface area (Å²) in [6.45, 7) is 9.33. The van der Waals surface area contributed by atoms with Crippen LogP contribution in [-0.4, -0.2) is 29.2 Å². The van der Waals surface area contributed by atoms with Gasteiger partial charge in [0.15, 0.2) is 0 Å². The van der Waals surface area contributed by atoms with Gasteiger partial charge in [-0.25, -0.2) is 0 Å². The monoisotopic (exact) mass is 307 g/mol. The molecule has 0 aromatic heterocycles. The first-order chi connectivity index (χ1) is 8.36. The van der Waals surface area contributed by atoms with Gasteiger partial charge in [-0.05, 0) is 37.5 Å². The van der Waals surface area contributed by atoms with Crippen molar-refractivity contribution < 1.29 is 9.53 Å². The van der Waals surface area contributed by atoms with Gasteiger partial charge in [-0.15, -0.1) is 24.2 Å². The van der Waals surface area contributed by atoms with Crippen LogP contribution in [0.1, 0.15) is 47.0 Å². The molecule has 2 aliphatic rings. The quantitative estimate of drug-likeness (QED) is 0.795. The molecule has 1 N–H and O–H groups in total. The smallest absolute Gasteiger partial charge is 0.324 e. The zero-order valence-electron chi connectivity index (χ0n) is 12.3. The molecule has 2 fully saturated rings. The highest BCUT2D eigenvalue weighted by molar-refractivity contribution is 8.01. The topological polar surface area (TPSA) is 38.3 Å². The molecule has 0 aromatic rings. The SMILES string of the molecule is CCOC(=O)C1CSC2(CC(C)CC(C)(C)C2)N1.Cl. The van der Waals surface area contributed by atoms with E-state index in [4.69, 9.17) is 4.74 Å². The second-order valence-corrected chi connectivity index (χ2v) is 8.01. The molecule has 1 aliphatic carbocycles. The van der Waals surface area contributed by atoms with Gasteiger partial charge in [0.2, 0.25) is 0 Å². The summed E-state index contributed by atoms with van der Waals surface area (Å²) in [5.74, 6) is 1.48. The summed E-state index contributed by atoms with van der Waals surface area (Å²) in [4.78, 5) is 11.9. The fraction of sp³-hybridized carbons (Fsp3) is 0.929. The molecule has 1 saturated carbocycles. The van der Waals surface area contributed by atoms with Crippen LogP contribution in [0, 0.1) is 11.3 Å². The molecule has 0 bridgehead atoms. The number of thioether (sulfide) groups is 1. The van der Waals surface area contributed by atoms with Gasteiger partial charge < -0.3 is 4.74 Å². The third kappa shape index (κ3) is 4.02. The first-order valence-electron chi connectivity index (χ1n) is 6.94. The third-order valence-corrected chi connectivity index (χ3v) is 5.36. The maximum atomic E-state index is 11.8. The molecule has 1 spiro atoms. The van der Waals surface area contributed by atoms with Crippen LogP contribution in [0.4, 0.5) is 0 Å². The van der Waals surface area contributed by atoms with Crippen molar-refractivity contribution in [1.82, 2.24) is 5.32 Å². The number of carbonyl (C=O) groups excluding carboxylic acids is 1. The van der Waals surface area contributed by atoms with Gasteiger partial charge >= 0.3 is 5.97 Å². The van der Waals surface area contributed by atoms with Crippen LogP contribution >= 0.6 is 24.2 Å². The normalized spacial score (nSPS) is 36.8. The molecular formula is C14H26ClNO2S. The Morgan fingerprint density at radius 1 is 1.42 bits per heavy atom. The molecule has 1 aliphatic heterocycles. The van der Waals surface area contributed by atoms with E-state index in [9.17, 15) is 4.79 Å². The Hall–Kier alpha value is 0.0700. The minimum Gasteiger partial charge on any atom is -0.465 e. The van der Waals surface area contributed by atoms with E-state index in [1.165, 1.54) is 6.42 Å². The van der Waals surface area contributed by atoms with E-state index >= 15 is 0 Å². The molecule has 1 heterocycles. The van der Waals surface area contributed by atoms with E-state index in [1.807, 2.05) is 18.7 Å². The predicted octanol–water partition coefficient (Wildman–Crippen LogP) is 3.22. The van der Waals surface area contributed by atoms with Crippen molar-refractivity contribution in [1.29, 1.82) is 0 Å². The largest absolute Gasteiger partial charge is 0.465 e. The lowest BCUT2D eigenvalue weighted by Gasteiger charge is -2.45. The first-order valence-corrected chi connectivity index (χ1v) is 7.93. The molecule has 0 amide bonds. The second-order valence-electron chi connectivity index (χ2n) is 6.61. The Morgan fingerprint density at radius 2 is 2.11 bits per heavy atom. The van der Waals surface area contributed by atoms with Crippen molar-refractivity contribution in [3.8, 4) is 0 Å². The number of hydrogen-bond donors (Lipinski definition) is 1. The molecule has 3 unspecified atom stereocenters. The van der Waals surface area contributed by atoms with E-state index < -0.39 is 0 Å². The van der Waals surface area contributed by atoms with Crippen LogP contribution in [0.5, 0.6) is 0 Å². The average molecular weight is 308 g/mol. The Morgan fingerprint density at radius 3 is 2.68 bits per heavy atom. The van der Waals surface area contributed by atoms with Gasteiger partial charge in [0.25, 0.3) is 0 Å². The molecule has 1 saturated heterocycles. The van der Waals surface area contributed by atoms with Crippen molar-refractivity contribution in [3.63, 3.8) is 0 Å². The molecule has 5 heteroatoms. The summed E-state index contributed by atoms with van der Waals surface area (Å²) in [6.07, 6.45) is 3.59. The second kappa shape index (κ2) is 6.23. The summed E-state index contributed by atoms with van der Waals surface area (Å²) in [5, 5.41) is 3.57. The van der Waals surface area contributed by atoms with Crippen LogP contribution in [0.3, 0.4) is 0 Å². The maximum Gasteiger partial charge on any atom is 0.324 e. The Kier molecular flexibility index (Phi) is 5.61. The fourth-order valence-corrected chi connectivity index (χ4v) is 5.56. The Balaban J connectivity index is 0.00000180. The van der Waals surface area contributed by atoms with Gasteiger partial charge in [-0.3, -0.25) is 10.1 Å². The van der Waals surface area contributed by atoms with Crippen molar-refractivity contribution in [2.45, 2.75) is 57.9 Å². The van der Waals surface area contributed by atoms with E-state index in [1.54, 1.807) is 0 Å². The van der Waals surface area contributed by atoms with Crippen molar-refractivity contribution in [3.05, 3.63) is 0 Å². The van der Waals surface area contributed by atoms with Gasteiger partial charge in [0, 0.05) is 5.75 Å². The van der Waals surface area contributed by atoms with Crippen LogP contribution < -0.4 is 5.32 Å². The molecule has 2 rings (SSSR count). The lowest BCUT2D eigenvalue weighted by molar-refractivity contribution is -0.145. The maximum absolute atomic E-state index is 11.8. The van der Waals surface area contributed by atoms with Crippen molar-refractivity contribution in [2.75, 3.05) is 12.4 Å². The van der Waals surface area contributed by atoms with Gasteiger partial charge in [-0.1, -0.05) is 20.8 Å². The van der Waals surface area contributed by atoms with Crippen LogP contribution in [0.15, 0.2) is 0 Å². The van der Waals surface area contributed by atoms with Crippen molar-refractivity contribution >= 4 is 30.1 Å². The number of hydrogen-bond acceptors (Lipinski definition) is 4. The summed E-state index contributed by atoms with van der Waals surface area (Å²) in [6, 6.07) is -0.115. The minimum atomic E-state index is -0.115. The highest BCUT2D eigenvalue weighted by Crippen LogP contribution is 2.51. The van der Waals surface area contributed by atoms with Crippen LogP contribution in [0.2, 0.25) is 0 Å². The number of ether oxygens (including phenoxy) is 1. The molecule has 3 atom stereocenters. The first kappa shape index (κ1) is 17.1. The van der Waals surface area contributed by atoms with Crippen molar-refractivity contribution in [2.24, 2.45) is 11.3 Å². The average Bonchev–Trinajstić information content (AvgIpc) is 2.58. The molecule has 112 valence electrons. The summed E-state index contributed by atoms with van der Waals surface area (Å²) in [7, 11) is 0. The molecule has 19 heavy (non-hydrogen) atoms. The van der Waals surface area contributed by atoms with Gasteiger partial charge in [0.1, 0.15) is 6.04 Å².